The number of fused-ring (bicyclic) bond motifs is 1. The Balaban J connectivity index is 1.90. The molecular weight excluding hydrogens is 365 g/mol. The fraction of sp³-hybridized carbons (Fsp3) is 0.500. The van der Waals surface area contributed by atoms with Gasteiger partial charge in [0.1, 0.15) is 18.3 Å². The zero-order valence-corrected chi connectivity index (χ0v) is 13.6. The second-order valence-corrected chi connectivity index (χ2v) is 7.77. The number of nitrogen functional groups attached to an aromatic ring is 1. The molecule has 0 saturated carbocycles. The summed E-state index contributed by atoms with van der Waals surface area (Å²) in [6.07, 6.45) is -3.81. The van der Waals surface area contributed by atoms with Crippen molar-refractivity contribution in [1.29, 1.82) is 0 Å². The van der Waals surface area contributed by atoms with E-state index in [0.29, 0.717) is 0 Å². The molecule has 24 heavy (non-hydrogen) atoms. The lowest BCUT2D eigenvalue weighted by atomic mass is 10.1. The van der Waals surface area contributed by atoms with Gasteiger partial charge in [-0.3, -0.25) is 14.3 Å². The number of hydrogen-bond donors (Lipinski definition) is 6. The lowest BCUT2D eigenvalue weighted by Crippen LogP contribution is -2.33. The highest BCUT2D eigenvalue weighted by Gasteiger charge is 2.45. The predicted octanol–water partition coefficient (Wildman–Crippen LogP) is -2.45. The van der Waals surface area contributed by atoms with Crippen molar-refractivity contribution >= 4 is 35.6 Å². The fourth-order valence-electron chi connectivity index (χ4n) is 2.40. The summed E-state index contributed by atoms with van der Waals surface area (Å²) >= 11 is 4.31. The van der Waals surface area contributed by atoms with Crippen LogP contribution >= 0.6 is 6.72 Å². The van der Waals surface area contributed by atoms with E-state index in [0.717, 1.165) is 0 Å². The summed E-state index contributed by atoms with van der Waals surface area (Å²) in [5.41, 5.74) is 4.97. The van der Waals surface area contributed by atoms with Gasteiger partial charge < -0.3 is 35.0 Å². The van der Waals surface area contributed by atoms with Crippen LogP contribution in [0.15, 0.2) is 11.1 Å². The van der Waals surface area contributed by atoms with Crippen molar-refractivity contribution in [2.75, 3.05) is 12.3 Å². The fourth-order valence-corrected chi connectivity index (χ4v) is 2.92. The van der Waals surface area contributed by atoms with E-state index in [1.54, 1.807) is 0 Å². The lowest BCUT2D eigenvalue weighted by Gasteiger charge is -2.17. The molecule has 1 aliphatic heterocycles. The van der Waals surface area contributed by atoms with Crippen molar-refractivity contribution in [3.8, 4) is 0 Å². The van der Waals surface area contributed by atoms with E-state index in [1.165, 1.54) is 10.9 Å². The molecule has 0 spiro atoms. The quantitative estimate of drug-likeness (QED) is 0.309. The number of anilines is 1. The highest BCUT2D eigenvalue weighted by Crippen LogP contribution is 2.39. The van der Waals surface area contributed by atoms with Gasteiger partial charge in [-0.1, -0.05) is 0 Å². The van der Waals surface area contributed by atoms with Gasteiger partial charge in [0.2, 0.25) is 5.95 Å². The summed E-state index contributed by atoms with van der Waals surface area (Å²) in [7, 11) is 0. The topological polar surface area (TPSA) is 189 Å². The number of aromatic nitrogens is 4. The molecule has 1 unspecified atom stereocenters. The van der Waals surface area contributed by atoms with Gasteiger partial charge in [-0.15, -0.1) is 0 Å². The minimum Gasteiger partial charge on any atom is -0.387 e. The number of hydrogen-bond acceptors (Lipinski definition) is 9. The smallest absolute Gasteiger partial charge is 0.321 e. The average Bonchev–Trinajstić information content (AvgIpc) is 3.00. The number of nitrogens with two attached hydrogens (primary N) is 1. The van der Waals surface area contributed by atoms with Crippen LogP contribution in [0.3, 0.4) is 0 Å². The van der Waals surface area contributed by atoms with Crippen LogP contribution in [-0.2, 0) is 21.1 Å². The van der Waals surface area contributed by atoms with Crippen LogP contribution in [0, 0.1) is 0 Å². The zero-order chi connectivity index (χ0) is 17.6. The molecule has 2 aromatic rings. The summed E-state index contributed by atoms with van der Waals surface area (Å²) in [4.78, 5) is 40.0. The van der Waals surface area contributed by atoms with Crippen molar-refractivity contribution < 1.29 is 29.3 Å². The van der Waals surface area contributed by atoms with Crippen molar-refractivity contribution in [2.24, 2.45) is 0 Å². The first-order valence-electron chi connectivity index (χ1n) is 6.61. The Bertz CT molecular complexity index is 865. The second-order valence-electron chi connectivity index (χ2n) is 5.11. The van der Waals surface area contributed by atoms with Gasteiger partial charge in [-0.2, -0.15) is 4.98 Å². The molecule has 1 saturated heterocycles. The van der Waals surface area contributed by atoms with Gasteiger partial charge in [0.05, 0.1) is 12.9 Å². The Hall–Kier alpha value is -1.44. The van der Waals surface area contributed by atoms with Crippen molar-refractivity contribution in [3.05, 3.63) is 16.7 Å². The number of imidazole rings is 1. The third-order valence-electron chi connectivity index (χ3n) is 3.47. The van der Waals surface area contributed by atoms with E-state index in [2.05, 4.69) is 31.3 Å². The summed E-state index contributed by atoms with van der Waals surface area (Å²) in [6.45, 7) is -4.37. The average molecular weight is 379 g/mol. The Kier molecular flexibility index (Phi) is 4.44. The first kappa shape index (κ1) is 17.4. The Morgan fingerprint density at radius 2 is 2.17 bits per heavy atom. The number of aliphatic hydroxyl groups excluding tert-OH is 2. The second kappa shape index (κ2) is 6.13. The SMILES string of the molecule is Nc1nc2c(ncn2C2O[C@H](COP(O)(O)=S)[C@@H](O)[C@H]2O)c(=O)[nH]1. The zero-order valence-electron chi connectivity index (χ0n) is 11.9. The first-order valence-corrected chi connectivity index (χ1v) is 9.24. The lowest BCUT2D eigenvalue weighted by molar-refractivity contribution is -0.0486. The Labute approximate surface area is 138 Å². The molecule has 3 heterocycles. The Morgan fingerprint density at radius 3 is 2.83 bits per heavy atom. The molecule has 7 N–H and O–H groups in total. The molecule has 0 amide bonds. The molecule has 3 rings (SSSR count). The van der Waals surface area contributed by atoms with Crippen LogP contribution in [0.5, 0.6) is 0 Å². The minimum absolute atomic E-state index is 0.0181. The van der Waals surface area contributed by atoms with Gasteiger partial charge in [0, 0.05) is 0 Å². The number of nitrogens with zero attached hydrogens (tertiary/aromatic N) is 3. The number of nitrogens with one attached hydrogen (secondary N) is 1. The van der Waals surface area contributed by atoms with E-state index in [4.69, 9.17) is 20.3 Å². The van der Waals surface area contributed by atoms with Crippen molar-refractivity contribution in [1.82, 2.24) is 19.5 Å². The third-order valence-corrected chi connectivity index (χ3v) is 4.27. The van der Waals surface area contributed by atoms with Gasteiger partial charge >= 0.3 is 6.72 Å². The minimum atomic E-state index is -3.93. The van der Waals surface area contributed by atoms with Crippen molar-refractivity contribution in [2.45, 2.75) is 24.5 Å². The molecule has 1 aliphatic rings. The largest absolute Gasteiger partial charge is 0.387 e. The molecule has 0 aliphatic carbocycles. The number of aliphatic hydroxyl groups is 2. The van der Waals surface area contributed by atoms with Gasteiger partial charge in [-0.25, -0.2) is 4.98 Å². The maximum absolute atomic E-state index is 11.8. The number of aromatic amines is 1. The molecule has 0 radical (unpaired) electrons. The summed E-state index contributed by atoms with van der Waals surface area (Å²) < 4.78 is 11.4. The first-order chi connectivity index (χ1) is 11.2. The van der Waals surface area contributed by atoms with Crippen LogP contribution < -0.4 is 11.3 Å². The van der Waals surface area contributed by atoms with Crippen molar-refractivity contribution in [3.63, 3.8) is 0 Å². The Morgan fingerprint density at radius 1 is 1.46 bits per heavy atom. The number of H-pyrrole nitrogens is 1. The molecule has 2 aromatic heterocycles. The predicted molar refractivity (Wildman–Crippen MR) is 83.2 cm³/mol. The van der Waals surface area contributed by atoms with Gasteiger partial charge in [0.25, 0.3) is 5.56 Å². The van der Waals surface area contributed by atoms with E-state index >= 15 is 0 Å². The maximum atomic E-state index is 11.8. The van der Waals surface area contributed by atoms with E-state index in [1.807, 2.05) is 0 Å². The van der Waals surface area contributed by atoms with Gasteiger partial charge in [0.15, 0.2) is 17.4 Å². The van der Waals surface area contributed by atoms with Crippen LogP contribution in [-0.4, -0.2) is 64.4 Å². The molecule has 4 atom stereocenters. The summed E-state index contributed by atoms with van der Waals surface area (Å²) in [5, 5.41) is 20.2. The van der Waals surface area contributed by atoms with Crippen LogP contribution in [0.4, 0.5) is 5.95 Å². The highest BCUT2D eigenvalue weighted by molar-refractivity contribution is 8.06. The summed E-state index contributed by atoms with van der Waals surface area (Å²) in [5.74, 6) is -0.150. The van der Waals surface area contributed by atoms with E-state index in [-0.39, 0.29) is 17.1 Å². The van der Waals surface area contributed by atoms with E-state index < -0.39 is 43.4 Å². The molecule has 0 bridgehead atoms. The molecular formula is C10H14N5O7PS. The highest BCUT2D eigenvalue weighted by atomic mass is 32.5. The number of ether oxygens (including phenoxy) is 1. The molecule has 1 fully saturated rings. The maximum Gasteiger partial charge on any atom is 0.321 e. The standard InChI is InChI=1S/C10H14N5O7PS/c11-10-13-7-4(8(18)14-10)12-2-15(7)9-6(17)5(16)3(22-9)1-21-23(19,20)24/h2-3,5-6,9,16-17H,1H2,(H2,19,20,24)(H3,11,13,14,18)/t3-,5-,6-,9?/m1/s1. The molecule has 132 valence electrons. The van der Waals surface area contributed by atoms with E-state index in [9.17, 15) is 15.0 Å². The normalized spacial score (nSPS) is 27.8. The molecule has 12 nitrogen and oxygen atoms in total. The van der Waals surface area contributed by atoms with Crippen LogP contribution in [0.25, 0.3) is 11.2 Å². The summed E-state index contributed by atoms with van der Waals surface area (Å²) in [6, 6.07) is 0. The monoisotopic (exact) mass is 379 g/mol. The molecule has 14 heteroatoms. The van der Waals surface area contributed by atoms with Gasteiger partial charge in [-0.05, 0) is 11.8 Å². The number of rotatable bonds is 4. The molecule has 0 aromatic carbocycles. The van der Waals surface area contributed by atoms with Crippen LogP contribution in [0.1, 0.15) is 6.23 Å². The third kappa shape index (κ3) is 3.20. The van der Waals surface area contributed by atoms with Crippen LogP contribution in [0.2, 0.25) is 0 Å².